The molecule has 26 heavy (non-hydrogen) atoms. The molecular weight excluding hydrogens is 344 g/mol. The van der Waals surface area contributed by atoms with E-state index in [9.17, 15) is 19.2 Å². The van der Waals surface area contributed by atoms with E-state index in [1.807, 2.05) is 18.2 Å². The van der Waals surface area contributed by atoms with Gasteiger partial charge in [0.1, 0.15) is 12.6 Å². The van der Waals surface area contributed by atoms with Crippen molar-refractivity contribution in [2.45, 2.75) is 31.0 Å². The van der Waals surface area contributed by atoms with Crippen LogP contribution in [0.2, 0.25) is 0 Å². The van der Waals surface area contributed by atoms with Crippen molar-refractivity contribution in [3.8, 4) is 0 Å². The van der Waals surface area contributed by atoms with Crippen molar-refractivity contribution >= 4 is 23.8 Å². The minimum atomic E-state index is -1.94. The molecule has 0 saturated carbocycles. The summed E-state index contributed by atoms with van der Waals surface area (Å²) in [6, 6.07) is 8.06. The fraction of sp³-hybridized carbons (Fsp3) is 0.412. The van der Waals surface area contributed by atoms with Gasteiger partial charge in [-0.05, 0) is 5.56 Å². The third kappa shape index (κ3) is 3.25. The van der Waals surface area contributed by atoms with E-state index in [1.54, 1.807) is 12.1 Å². The van der Waals surface area contributed by atoms with Gasteiger partial charge in [-0.2, -0.15) is 5.06 Å². The van der Waals surface area contributed by atoms with E-state index >= 15 is 0 Å². The van der Waals surface area contributed by atoms with Crippen LogP contribution in [0.5, 0.6) is 0 Å². The Balaban J connectivity index is 1.68. The maximum atomic E-state index is 12.6. The minimum Gasteiger partial charge on any atom is -0.465 e. The molecule has 0 aliphatic carbocycles. The second-order valence-corrected chi connectivity index (χ2v) is 5.96. The number of nitrogens with one attached hydrogen (secondary N) is 1. The number of carbonyl (C=O) groups excluding carboxylic acids is 4. The lowest BCUT2D eigenvalue weighted by molar-refractivity contribution is -0.258. The summed E-state index contributed by atoms with van der Waals surface area (Å²) >= 11 is 0. The minimum absolute atomic E-state index is 0.0483. The molecule has 2 saturated heterocycles. The number of rotatable bonds is 5. The predicted molar refractivity (Wildman–Crippen MR) is 84.9 cm³/mol. The Morgan fingerprint density at radius 1 is 1.31 bits per heavy atom. The van der Waals surface area contributed by atoms with Crippen LogP contribution in [0.1, 0.15) is 18.4 Å². The summed E-state index contributed by atoms with van der Waals surface area (Å²) < 4.78 is 9.72. The van der Waals surface area contributed by atoms with Crippen LogP contribution in [0, 0.1) is 0 Å². The standard InChI is InChI=1S/C17H18N2O7/c1-24-16(23)17(8-7-14(21)26-17)19-15(22)12(10-25-19)18-13(20)9-11-5-3-2-4-6-11/h2-6,12H,7-10H2,1H3,(H,18,20)/t12-,17?/m1/s1. The van der Waals surface area contributed by atoms with Gasteiger partial charge in [0.2, 0.25) is 5.91 Å². The number of methoxy groups -OCH3 is 1. The smallest absolute Gasteiger partial charge is 0.374 e. The average molecular weight is 362 g/mol. The Hall–Kier alpha value is -2.94. The molecule has 2 fully saturated rings. The third-order valence-electron chi connectivity index (χ3n) is 4.19. The highest BCUT2D eigenvalue weighted by molar-refractivity contribution is 5.94. The van der Waals surface area contributed by atoms with E-state index < -0.39 is 29.6 Å². The van der Waals surface area contributed by atoms with Crippen LogP contribution < -0.4 is 5.32 Å². The Labute approximate surface area is 149 Å². The summed E-state index contributed by atoms with van der Waals surface area (Å²) in [7, 11) is 1.12. The number of benzene rings is 1. The molecule has 0 spiro atoms. The molecule has 0 radical (unpaired) electrons. The molecule has 1 aromatic rings. The van der Waals surface area contributed by atoms with Crippen LogP contribution in [-0.2, 0) is 39.9 Å². The van der Waals surface area contributed by atoms with Crippen molar-refractivity contribution in [2.24, 2.45) is 0 Å². The molecule has 2 aliphatic heterocycles. The highest BCUT2D eigenvalue weighted by atomic mass is 16.8. The van der Waals surface area contributed by atoms with Crippen molar-refractivity contribution in [3.05, 3.63) is 35.9 Å². The van der Waals surface area contributed by atoms with E-state index in [1.165, 1.54) is 0 Å². The number of hydrogen-bond donors (Lipinski definition) is 1. The number of hydrogen-bond acceptors (Lipinski definition) is 7. The van der Waals surface area contributed by atoms with Crippen molar-refractivity contribution in [1.82, 2.24) is 10.4 Å². The third-order valence-corrected chi connectivity index (χ3v) is 4.19. The summed E-state index contributed by atoms with van der Waals surface area (Å²) in [6.45, 7) is -0.171. The van der Waals surface area contributed by atoms with Gasteiger partial charge in [-0.15, -0.1) is 0 Å². The number of esters is 2. The van der Waals surface area contributed by atoms with Gasteiger partial charge in [-0.3, -0.25) is 19.2 Å². The first-order valence-electron chi connectivity index (χ1n) is 8.07. The van der Waals surface area contributed by atoms with Crippen LogP contribution in [0.15, 0.2) is 30.3 Å². The molecule has 2 atom stereocenters. The highest BCUT2D eigenvalue weighted by Gasteiger charge is 2.59. The molecule has 9 nitrogen and oxygen atoms in total. The van der Waals surface area contributed by atoms with Gasteiger partial charge in [0.25, 0.3) is 5.91 Å². The van der Waals surface area contributed by atoms with Crippen LogP contribution in [0.25, 0.3) is 0 Å². The number of cyclic esters (lactones) is 1. The first-order chi connectivity index (χ1) is 12.5. The molecule has 2 amide bonds. The molecule has 0 bridgehead atoms. The van der Waals surface area contributed by atoms with E-state index in [0.29, 0.717) is 5.06 Å². The largest absolute Gasteiger partial charge is 0.465 e. The SMILES string of the molecule is COC(=O)C1(N2OC[C@@H](NC(=O)Cc3ccccc3)C2=O)CCC(=O)O1. The molecule has 9 heteroatoms. The van der Waals surface area contributed by atoms with Gasteiger partial charge in [0.15, 0.2) is 0 Å². The monoisotopic (exact) mass is 362 g/mol. The second kappa shape index (κ2) is 7.12. The number of hydroxylamine groups is 2. The fourth-order valence-corrected chi connectivity index (χ4v) is 2.93. The molecule has 0 aromatic heterocycles. The zero-order valence-corrected chi connectivity index (χ0v) is 14.1. The van der Waals surface area contributed by atoms with E-state index in [2.05, 4.69) is 10.1 Å². The summed E-state index contributed by atoms with van der Waals surface area (Å²) in [4.78, 5) is 53.7. The number of nitrogens with zero attached hydrogens (tertiary/aromatic N) is 1. The lowest BCUT2D eigenvalue weighted by Gasteiger charge is -2.31. The molecular formula is C17H18N2O7. The second-order valence-electron chi connectivity index (χ2n) is 5.96. The van der Waals surface area contributed by atoms with Gasteiger partial charge >= 0.3 is 17.7 Å². The Bertz CT molecular complexity index is 736. The summed E-state index contributed by atoms with van der Waals surface area (Å²) in [5, 5.41) is 3.27. The Morgan fingerprint density at radius 2 is 2.04 bits per heavy atom. The fourth-order valence-electron chi connectivity index (χ4n) is 2.93. The van der Waals surface area contributed by atoms with E-state index in [4.69, 9.17) is 9.57 Å². The molecule has 138 valence electrons. The van der Waals surface area contributed by atoms with E-state index in [0.717, 1.165) is 12.7 Å². The van der Waals surface area contributed by atoms with E-state index in [-0.39, 0.29) is 31.8 Å². The molecule has 3 rings (SSSR count). The number of amides is 2. The van der Waals surface area contributed by atoms with Crippen molar-refractivity contribution in [1.29, 1.82) is 0 Å². The van der Waals surface area contributed by atoms with Gasteiger partial charge in [-0.25, -0.2) is 4.79 Å². The van der Waals surface area contributed by atoms with Crippen LogP contribution in [0.3, 0.4) is 0 Å². The first kappa shape index (κ1) is 17.9. The normalized spacial score (nSPS) is 25.1. The molecule has 2 aliphatic rings. The average Bonchev–Trinajstić information content (AvgIpc) is 3.19. The summed E-state index contributed by atoms with van der Waals surface area (Å²) in [5.74, 6) is -2.58. The lowest BCUT2D eigenvalue weighted by Crippen LogP contribution is -2.57. The highest BCUT2D eigenvalue weighted by Crippen LogP contribution is 2.34. The van der Waals surface area contributed by atoms with Crippen molar-refractivity contribution < 1.29 is 33.5 Å². The topological polar surface area (TPSA) is 111 Å². The maximum absolute atomic E-state index is 12.6. The van der Waals surface area contributed by atoms with Gasteiger partial charge in [-0.1, -0.05) is 30.3 Å². The molecule has 2 heterocycles. The van der Waals surface area contributed by atoms with Gasteiger partial charge < -0.3 is 14.8 Å². The quantitative estimate of drug-likeness (QED) is 0.716. The lowest BCUT2D eigenvalue weighted by atomic mass is 10.1. The van der Waals surface area contributed by atoms with Crippen LogP contribution in [0.4, 0.5) is 0 Å². The zero-order valence-electron chi connectivity index (χ0n) is 14.1. The number of carbonyl (C=O) groups is 4. The van der Waals surface area contributed by atoms with Gasteiger partial charge in [0, 0.05) is 6.42 Å². The molecule has 1 unspecified atom stereocenters. The van der Waals surface area contributed by atoms with Crippen LogP contribution in [-0.4, -0.2) is 54.3 Å². The van der Waals surface area contributed by atoms with Crippen molar-refractivity contribution in [2.75, 3.05) is 13.7 Å². The Kier molecular flexibility index (Phi) is 4.90. The van der Waals surface area contributed by atoms with Crippen molar-refractivity contribution in [3.63, 3.8) is 0 Å². The van der Waals surface area contributed by atoms with Crippen LogP contribution >= 0.6 is 0 Å². The number of ether oxygens (including phenoxy) is 2. The summed E-state index contributed by atoms with van der Waals surface area (Å²) in [6.07, 6.45) is -0.0239. The van der Waals surface area contributed by atoms with Gasteiger partial charge in [0.05, 0.1) is 20.0 Å². The first-order valence-corrected chi connectivity index (χ1v) is 8.07. The Morgan fingerprint density at radius 3 is 2.65 bits per heavy atom. The summed E-state index contributed by atoms with van der Waals surface area (Å²) in [5.41, 5.74) is -1.15. The maximum Gasteiger partial charge on any atom is 0.374 e. The zero-order chi connectivity index (χ0) is 18.7. The predicted octanol–water partition coefficient (Wildman–Crippen LogP) is -0.306. The molecule has 1 aromatic carbocycles. The molecule has 1 N–H and O–H groups in total.